The highest BCUT2D eigenvalue weighted by atomic mass is 19.4. The number of aromatic nitrogens is 1. The van der Waals surface area contributed by atoms with Gasteiger partial charge in [-0.15, -0.1) is 0 Å². The van der Waals surface area contributed by atoms with Crippen LogP contribution in [0.15, 0.2) is 54.7 Å². The molecule has 41 heavy (non-hydrogen) atoms. The highest BCUT2D eigenvalue weighted by molar-refractivity contribution is 5.76. The molecule has 1 spiro atoms. The number of alkyl halides is 6. The summed E-state index contributed by atoms with van der Waals surface area (Å²) in [4.78, 5) is 4.62. The van der Waals surface area contributed by atoms with Gasteiger partial charge in [0.25, 0.3) is 0 Å². The molecule has 2 heterocycles. The first kappa shape index (κ1) is 29.3. The molecular weight excluding hydrogens is 551 g/mol. The van der Waals surface area contributed by atoms with Gasteiger partial charge >= 0.3 is 12.4 Å². The molecule has 1 aromatic heterocycles. The van der Waals surface area contributed by atoms with Crippen LogP contribution in [0, 0.1) is 12.7 Å². The molecule has 0 unspecified atom stereocenters. The third-order valence-corrected chi connectivity index (χ3v) is 7.94. The Balaban J connectivity index is 1.67. The van der Waals surface area contributed by atoms with Gasteiger partial charge in [-0.2, -0.15) is 26.3 Å². The van der Waals surface area contributed by atoms with Gasteiger partial charge in [0.05, 0.1) is 30.0 Å². The first-order valence-corrected chi connectivity index (χ1v) is 13.1. The van der Waals surface area contributed by atoms with E-state index in [0.29, 0.717) is 60.4 Å². The molecule has 1 aliphatic carbocycles. The summed E-state index contributed by atoms with van der Waals surface area (Å²) < 4.78 is 108. The fraction of sp³-hybridized carbons (Fsp3) is 0.387. The van der Waals surface area contributed by atoms with E-state index in [1.807, 2.05) is 6.08 Å². The first-order chi connectivity index (χ1) is 19.1. The predicted octanol–water partition coefficient (Wildman–Crippen LogP) is 8.87. The molecule has 5 rings (SSSR count). The van der Waals surface area contributed by atoms with E-state index in [0.717, 1.165) is 17.7 Å². The van der Waals surface area contributed by atoms with Crippen molar-refractivity contribution in [2.24, 2.45) is 0 Å². The summed E-state index contributed by atoms with van der Waals surface area (Å²) in [6.45, 7) is 5.84. The van der Waals surface area contributed by atoms with Crippen molar-refractivity contribution in [3.63, 3.8) is 0 Å². The summed E-state index contributed by atoms with van der Waals surface area (Å²) in [6.07, 6.45) is -4.76. The quantitative estimate of drug-likeness (QED) is 0.290. The maximum absolute atomic E-state index is 14.0. The molecule has 218 valence electrons. The van der Waals surface area contributed by atoms with Crippen molar-refractivity contribution < 1.29 is 40.2 Å². The van der Waals surface area contributed by atoms with E-state index in [-0.39, 0.29) is 11.6 Å². The van der Waals surface area contributed by atoms with Crippen LogP contribution in [0.4, 0.5) is 30.7 Å². The minimum Gasteiger partial charge on any atom is -0.347 e. The molecule has 1 saturated heterocycles. The second-order valence-corrected chi connectivity index (χ2v) is 11.0. The number of benzene rings is 2. The van der Waals surface area contributed by atoms with E-state index in [9.17, 15) is 30.7 Å². The third kappa shape index (κ3) is 5.77. The smallest absolute Gasteiger partial charge is 0.347 e. The van der Waals surface area contributed by atoms with Crippen molar-refractivity contribution in [2.75, 3.05) is 13.2 Å². The molecule has 1 aliphatic heterocycles. The Hall–Kier alpha value is -3.24. The fourth-order valence-electron chi connectivity index (χ4n) is 5.55. The van der Waals surface area contributed by atoms with Crippen LogP contribution < -0.4 is 0 Å². The van der Waals surface area contributed by atoms with Crippen LogP contribution in [0.2, 0.25) is 0 Å². The van der Waals surface area contributed by atoms with Crippen LogP contribution >= 0.6 is 0 Å². The molecule has 3 aromatic rings. The van der Waals surface area contributed by atoms with Crippen molar-refractivity contribution in [3.05, 3.63) is 94.1 Å². The van der Waals surface area contributed by atoms with Gasteiger partial charge < -0.3 is 9.47 Å². The molecular formula is C31H28F7NO2. The van der Waals surface area contributed by atoms with Crippen molar-refractivity contribution >= 4 is 5.57 Å². The normalized spacial score (nSPS) is 17.7. The monoisotopic (exact) mass is 579 g/mol. The van der Waals surface area contributed by atoms with Gasteiger partial charge in [-0.1, -0.05) is 26.0 Å². The zero-order valence-electron chi connectivity index (χ0n) is 22.6. The van der Waals surface area contributed by atoms with Crippen LogP contribution in [0.1, 0.15) is 66.6 Å². The second-order valence-electron chi connectivity index (χ2n) is 11.0. The minimum atomic E-state index is -4.98. The van der Waals surface area contributed by atoms with Crippen LogP contribution in [-0.4, -0.2) is 24.0 Å². The topological polar surface area (TPSA) is 31.4 Å². The molecule has 3 nitrogen and oxygen atoms in total. The number of nitrogens with zero attached hydrogens (tertiary/aromatic N) is 1. The van der Waals surface area contributed by atoms with Gasteiger partial charge in [-0.3, -0.25) is 4.98 Å². The van der Waals surface area contributed by atoms with Crippen molar-refractivity contribution in [1.82, 2.24) is 4.98 Å². The minimum absolute atomic E-state index is 0.117. The first-order valence-electron chi connectivity index (χ1n) is 13.1. The Bertz CT molecular complexity index is 1470. The summed E-state index contributed by atoms with van der Waals surface area (Å²) >= 11 is 0. The maximum Gasteiger partial charge on any atom is 0.416 e. The van der Waals surface area contributed by atoms with E-state index >= 15 is 0 Å². The van der Waals surface area contributed by atoms with Crippen LogP contribution in [-0.2, 0) is 27.2 Å². The summed E-state index contributed by atoms with van der Waals surface area (Å²) in [5.41, 5.74) is -0.690. The zero-order valence-corrected chi connectivity index (χ0v) is 22.6. The Kier molecular flexibility index (Phi) is 7.31. The Morgan fingerprint density at radius 3 is 1.95 bits per heavy atom. The van der Waals surface area contributed by atoms with Gasteiger partial charge in [-0.25, -0.2) is 4.39 Å². The van der Waals surface area contributed by atoms with E-state index in [4.69, 9.17) is 9.47 Å². The average molecular weight is 580 g/mol. The van der Waals surface area contributed by atoms with E-state index in [1.54, 1.807) is 32.9 Å². The number of allylic oxidation sites excluding steroid dienone is 1. The van der Waals surface area contributed by atoms with Crippen molar-refractivity contribution in [2.45, 2.75) is 63.6 Å². The maximum atomic E-state index is 14.0. The number of hydrogen-bond acceptors (Lipinski definition) is 3. The summed E-state index contributed by atoms with van der Waals surface area (Å²) in [5, 5.41) is 0. The van der Waals surface area contributed by atoms with E-state index in [1.165, 1.54) is 18.3 Å². The largest absolute Gasteiger partial charge is 0.416 e. The van der Waals surface area contributed by atoms with Gasteiger partial charge in [0, 0.05) is 24.5 Å². The molecule has 10 heteroatoms. The van der Waals surface area contributed by atoms with Crippen molar-refractivity contribution in [3.8, 4) is 11.1 Å². The molecule has 0 radical (unpaired) electrons. The Morgan fingerprint density at radius 2 is 1.41 bits per heavy atom. The fourth-order valence-corrected chi connectivity index (χ4v) is 5.55. The number of halogens is 7. The molecule has 0 amide bonds. The van der Waals surface area contributed by atoms with E-state index < -0.39 is 40.5 Å². The molecule has 1 fully saturated rings. The van der Waals surface area contributed by atoms with Crippen LogP contribution in [0.25, 0.3) is 16.7 Å². The van der Waals surface area contributed by atoms with Crippen LogP contribution in [0.3, 0.4) is 0 Å². The number of pyridine rings is 1. The highest BCUT2D eigenvalue weighted by Crippen LogP contribution is 2.45. The number of rotatable bonds is 4. The van der Waals surface area contributed by atoms with Gasteiger partial charge in [0.1, 0.15) is 5.82 Å². The number of hydrogen-bond donors (Lipinski definition) is 0. The SMILES string of the molecule is Cc1cc(F)ccc1-c1cc(C2=CCC3(CC2)OCCO3)ncc1C(C)(C)c1cc(C(F)(F)F)cc(C(F)(F)F)c1. The summed E-state index contributed by atoms with van der Waals surface area (Å²) in [6, 6.07) is 7.54. The Morgan fingerprint density at radius 1 is 0.805 bits per heavy atom. The second kappa shape index (κ2) is 10.2. The van der Waals surface area contributed by atoms with Gasteiger partial charge in [-0.05, 0) is 83.1 Å². The highest BCUT2D eigenvalue weighted by Gasteiger charge is 2.40. The summed E-state index contributed by atoms with van der Waals surface area (Å²) in [5.74, 6) is -1.12. The standard InChI is InChI=1S/C31H28F7NO2/c1-18-12-23(32)4-5-24(18)25-16-27(19-6-8-29(9-7-19)40-10-11-41-29)39-17-26(25)28(2,3)20-13-21(30(33,34)35)15-22(14-20)31(36,37)38/h4-6,12-17H,7-11H2,1-3H3. The predicted molar refractivity (Wildman–Crippen MR) is 139 cm³/mol. The lowest BCUT2D eigenvalue weighted by Gasteiger charge is -2.32. The van der Waals surface area contributed by atoms with Crippen molar-refractivity contribution in [1.29, 1.82) is 0 Å². The third-order valence-electron chi connectivity index (χ3n) is 7.94. The zero-order chi connectivity index (χ0) is 29.8. The molecule has 0 bridgehead atoms. The lowest BCUT2D eigenvalue weighted by molar-refractivity contribution is -0.159. The number of aryl methyl sites for hydroxylation is 1. The van der Waals surface area contributed by atoms with Gasteiger partial charge in [0.15, 0.2) is 5.79 Å². The summed E-state index contributed by atoms with van der Waals surface area (Å²) in [7, 11) is 0. The molecule has 2 aromatic carbocycles. The molecule has 0 saturated carbocycles. The average Bonchev–Trinajstić information content (AvgIpc) is 3.35. The number of ether oxygens (including phenoxy) is 2. The van der Waals surface area contributed by atoms with Crippen LogP contribution in [0.5, 0.6) is 0 Å². The van der Waals surface area contributed by atoms with E-state index in [2.05, 4.69) is 4.98 Å². The lowest BCUT2D eigenvalue weighted by Crippen LogP contribution is -2.31. The molecule has 2 aliphatic rings. The molecule has 0 atom stereocenters. The lowest BCUT2D eigenvalue weighted by atomic mass is 9.74. The Labute approximate surface area is 233 Å². The van der Waals surface area contributed by atoms with Gasteiger partial charge in [0.2, 0.25) is 0 Å². The molecule has 0 N–H and O–H groups in total.